The van der Waals surface area contributed by atoms with Crippen LogP contribution in [-0.4, -0.2) is 0 Å². The molecule has 0 atom stereocenters. The smallest absolute Gasteiger partial charge is 0.0546 e. The predicted molar refractivity (Wildman–Crippen MR) is 533 cm³/mol. The first kappa shape index (κ1) is 73.3. The predicted octanol–water partition coefficient (Wildman–Crippen LogP) is 34.5. The van der Waals surface area contributed by atoms with Gasteiger partial charge in [0.05, 0.1) is 45.5 Å². The zero-order valence-electron chi connectivity index (χ0n) is 70.2. The Hall–Kier alpha value is -16.4. The lowest BCUT2D eigenvalue weighted by atomic mass is 9.81. The van der Waals surface area contributed by atoms with Crippen molar-refractivity contribution >= 4 is 68.2 Å². The molecule has 25 rings (SSSR count). The minimum Gasteiger partial charge on any atom is -0.309 e. The number of benzene rings is 20. The van der Waals surface area contributed by atoms with Crippen molar-refractivity contribution < 1.29 is 0 Å². The molecule has 0 fully saturated rings. The van der Waals surface area contributed by atoms with Crippen LogP contribution in [0.5, 0.6) is 0 Å². The van der Waals surface area contributed by atoms with Gasteiger partial charge in [-0.25, -0.2) is 0 Å². The first-order valence-corrected chi connectivity index (χ1v) is 44.1. The van der Waals surface area contributed by atoms with Crippen molar-refractivity contribution in [1.29, 1.82) is 0 Å². The largest absolute Gasteiger partial charge is 0.309 e. The minimum absolute atomic E-state index is 0.128. The quantitative estimate of drug-likeness (QED) is 0.135. The molecule has 1 aliphatic carbocycles. The third-order valence-corrected chi connectivity index (χ3v) is 27.2. The maximum atomic E-state index is 2.54. The molecule has 0 bridgehead atoms. The van der Waals surface area contributed by atoms with Gasteiger partial charge in [0.15, 0.2) is 0 Å². The first-order chi connectivity index (χ1) is 62.7. The average molecular weight is 1620 g/mol. The summed E-state index contributed by atoms with van der Waals surface area (Å²) in [6.07, 6.45) is 0. The Bertz CT molecular complexity index is 7890. The molecular weight excluding hydrogens is 1530 g/mol. The first-order valence-electron chi connectivity index (χ1n) is 44.1. The Balaban J connectivity index is 0.625. The maximum absolute atomic E-state index is 2.54. The lowest BCUT2D eigenvalue weighted by molar-refractivity contribution is 0.660. The van der Waals surface area contributed by atoms with E-state index in [2.05, 4.69) is 494 Å². The number of hydrogen-bond donors (Lipinski definition) is 0. The van der Waals surface area contributed by atoms with Crippen LogP contribution in [0.25, 0.3) is 167 Å². The summed E-state index contributed by atoms with van der Waals surface area (Å²) in [7, 11) is 0. The number of fused-ring (bicyclic) bond motifs is 23. The molecule has 0 spiro atoms. The summed E-state index contributed by atoms with van der Waals surface area (Å²) in [4.78, 5) is 10.0. The van der Waals surface area contributed by atoms with Gasteiger partial charge in [-0.3, -0.25) is 0 Å². The Labute approximate surface area is 741 Å². The molecule has 0 saturated heterocycles. The fourth-order valence-electron chi connectivity index (χ4n) is 21.2. The maximum Gasteiger partial charge on any atom is 0.0546 e. The standard InChI is InChI=1S/C123H82N4/c1-123(2)113-51-22-18-47-102(113)103-63-56-87(75-114(103)123)83-35-28-40-94(71-83)126-116-53-24-20-48-104(116)95-41-12-13-42-96(95)107-64-58-90(78-121(107)126)86-61-68-119-112(74-86)100-46-17-15-44-98(100)108-65-57-88(77-122(108)127(119)93-39-27-34-82(70-93)80-31-8-4-9-32-80)84-55-62-101-109-66-59-89(76-120(109)124(91-36-10-5-11-37-91)117-54-25-21-50-106(117)110(101)72-84)85-60-67-118-111(73-85)99-45-16-14-43-97(99)105-49-19-23-52-115(105)125(118)92-38-26-33-81(69-92)79-29-6-3-7-30-79/h3-78H,1-2H3. The van der Waals surface area contributed by atoms with Crippen LogP contribution in [0.3, 0.4) is 0 Å². The van der Waals surface area contributed by atoms with E-state index in [0.29, 0.717) is 0 Å². The lowest BCUT2D eigenvalue weighted by Crippen LogP contribution is -2.14. The summed E-state index contributed by atoms with van der Waals surface area (Å²) in [6.45, 7) is 4.74. The van der Waals surface area contributed by atoms with Gasteiger partial charge < -0.3 is 19.6 Å². The molecule has 0 N–H and O–H groups in total. The van der Waals surface area contributed by atoms with Crippen LogP contribution in [0.2, 0.25) is 0 Å². The van der Waals surface area contributed by atoms with E-state index in [9.17, 15) is 0 Å². The Morgan fingerprint density at radius 3 is 0.787 bits per heavy atom. The molecule has 0 aromatic heterocycles. The highest BCUT2D eigenvalue weighted by molar-refractivity contribution is 6.11. The van der Waals surface area contributed by atoms with Crippen LogP contribution in [0.4, 0.5) is 68.2 Å². The highest BCUT2D eigenvalue weighted by atomic mass is 15.2. The van der Waals surface area contributed by atoms with Crippen molar-refractivity contribution in [3.8, 4) is 167 Å². The molecular formula is C123H82N4. The summed E-state index contributed by atoms with van der Waals surface area (Å²) < 4.78 is 0. The Morgan fingerprint density at radius 1 is 0.126 bits per heavy atom. The van der Waals surface area contributed by atoms with Crippen LogP contribution < -0.4 is 19.6 Å². The van der Waals surface area contributed by atoms with Crippen molar-refractivity contribution in [3.05, 3.63) is 472 Å². The minimum atomic E-state index is -0.128. The topological polar surface area (TPSA) is 13.0 Å². The average Bonchev–Trinajstić information content (AvgIpc) is 1.60. The van der Waals surface area contributed by atoms with Gasteiger partial charge in [-0.15, -0.1) is 0 Å². The molecule has 20 aromatic carbocycles. The van der Waals surface area contributed by atoms with Crippen molar-refractivity contribution in [3.63, 3.8) is 0 Å². The molecule has 4 nitrogen and oxygen atoms in total. The second-order valence-electron chi connectivity index (χ2n) is 34.6. The molecule has 4 heteroatoms. The highest BCUT2D eigenvalue weighted by Crippen LogP contribution is 2.60. The van der Waals surface area contributed by atoms with E-state index < -0.39 is 0 Å². The van der Waals surface area contributed by atoms with E-state index in [-0.39, 0.29) is 5.41 Å². The Morgan fingerprint density at radius 2 is 0.362 bits per heavy atom. The van der Waals surface area contributed by atoms with Crippen LogP contribution in [0.1, 0.15) is 25.0 Å². The number of para-hydroxylation sites is 4. The van der Waals surface area contributed by atoms with E-state index >= 15 is 0 Å². The summed E-state index contributed by atoms with van der Waals surface area (Å²) in [6, 6.07) is 173. The van der Waals surface area contributed by atoms with Crippen LogP contribution >= 0.6 is 0 Å². The van der Waals surface area contributed by atoms with Crippen molar-refractivity contribution in [2.24, 2.45) is 0 Å². The van der Waals surface area contributed by atoms with E-state index in [1.54, 1.807) is 0 Å². The summed E-state index contributed by atoms with van der Waals surface area (Å²) in [5.74, 6) is 0. The molecule has 20 aromatic rings. The molecule has 0 radical (unpaired) electrons. The molecule has 5 aliphatic rings. The summed E-state index contributed by atoms with van der Waals surface area (Å²) >= 11 is 0. The second-order valence-corrected chi connectivity index (χ2v) is 34.6. The van der Waals surface area contributed by atoms with Crippen LogP contribution in [0.15, 0.2) is 461 Å². The molecule has 127 heavy (non-hydrogen) atoms. The van der Waals surface area contributed by atoms with Gasteiger partial charge in [0, 0.05) is 72.7 Å². The number of nitrogens with zero attached hydrogens (tertiary/aromatic N) is 4. The third kappa shape index (κ3) is 12.0. The van der Waals surface area contributed by atoms with Gasteiger partial charge >= 0.3 is 0 Å². The fourth-order valence-corrected chi connectivity index (χ4v) is 21.2. The zero-order chi connectivity index (χ0) is 84.0. The second kappa shape index (κ2) is 29.4. The Kier molecular flexibility index (Phi) is 17.0. The van der Waals surface area contributed by atoms with Gasteiger partial charge in [-0.2, -0.15) is 0 Å². The molecule has 4 heterocycles. The van der Waals surface area contributed by atoms with Gasteiger partial charge in [-0.1, -0.05) is 354 Å². The monoisotopic (exact) mass is 1610 g/mol. The highest BCUT2D eigenvalue weighted by Gasteiger charge is 2.38. The van der Waals surface area contributed by atoms with Gasteiger partial charge in [0.1, 0.15) is 0 Å². The van der Waals surface area contributed by atoms with Gasteiger partial charge in [0.25, 0.3) is 0 Å². The van der Waals surface area contributed by atoms with Crippen molar-refractivity contribution in [2.75, 3.05) is 19.6 Å². The zero-order valence-corrected chi connectivity index (χ0v) is 70.2. The number of hydrogen-bond acceptors (Lipinski definition) is 4. The SMILES string of the molecule is CC1(C)c2ccccc2-c2ccc(-c3cccc(N4c5ccccc5-c5ccccc5-c5ccc(-c6ccc7c(c6)-c6ccccc6-c6ccc(-c8ccc9c(c8)-c8ccccc8N(c8ccccc8)c8cc(-c%10ccc%11c(c%10)-c%10ccccc%10-c%10ccccc%10N%11c%10cccc(-c%11ccccc%11)c%10)ccc8-9)cc6N7c6cccc(-c7ccccc7)c6)cc54)c3)cc21. The summed E-state index contributed by atoms with van der Waals surface area (Å²) in [5.41, 5.74) is 51.1. The van der Waals surface area contributed by atoms with E-state index in [1.165, 1.54) is 106 Å². The van der Waals surface area contributed by atoms with Gasteiger partial charge in [-0.05, 0) is 255 Å². The molecule has 4 aliphatic heterocycles. The van der Waals surface area contributed by atoms with Gasteiger partial charge in [0.2, 0.25) is 0 Å². The fraction of sp³-hybridized carbons (Fsp3) is 0.0244. The summed E-state index contributed by atoms with van der Waals surface area (Å²) in [5, 5.41) is 0. The molecule has 0 unspecified atom stereocenters. The third-order valence-electron chi connectivity index (χ3n) is 27.2. The van der Waals surface area contributed by atoms with Crippen molar-refractivity contribution in [2.45, 2.75) is 19.3 Å². The lowest BCUT2D eigenvalue weighted by Gasteiger charge is -2.29. The van der Waals surface area contributed by atoms with E-state index in [0.717, 1.165) is 141 Å². The van der Waals surface area contributed by atoms with E-state index in [4.69, 9.17) is 0 Å². The van der Waals surface area contributed by atoms with Crippen LogP contribution in [0, 0.1) is 0 Å². The molecule has 0 saturated carbocycles. The van der Waals surface area contributed by atoms with Crippen molar-refractivity contribution in [1.82, 2.24) is 0 Å². The molecule has 0 amide bonds. The van der Waals surface area contributed by atoms with E-state index in [1.807, 2.05) is 0 Å². The molecule has 594 valence electrons. The number of rotatable bonds is 10. The normalized spacial score (nSPS) is 13.0. The van der Waals surface area contributed by atoms with Crippen LogP contribution in [-0.2, 0) is 5.41 Å². The number of anilines is 12.